The molecular weight excluding hydrogens is 292 g/mol. The fraction of sp³-hybridized carbons (Fsp3) is 0.118. The quantitative estimate of drug-likeness (QED) is 0.717. The summed E-state index contributed by atoms with van der Waals surface area (Å²) < 4.78 is 1.72. The van der Waals surface area contributed by atoms with Gasteiger partial charge in [-0.25, -0.2) is 0 Å². The third kappa shape index (κ3) is 2.78. The molecule has 116 valence electrons. The lowest BCUT2D eigenvalue weighted by Gasteiger charge is -2.10. The number of hydrogen-bond donors (Lipinski definition) is 2. The highest BCUT2D eigenvalue weighted by atomic mass is 16.2. The molecule has 3 aromatic rings. The summed E-state index contributed by atoms with van der Waals surface area (Å²) in [5.41, 5.74) is 7.38. The van der Waals surface area contributed by atoms with E-state index < -0.39 is 5.91 Å². The summed E-state index contributed by atoms with van der Waals surface area (Å²) in [5.74, 6) is -0.443. The Bertz CT molecular complexity index is 932. The molecule has 1 amide bonds. The highest BCUT2D eigenvalue weighted by Gasteiger charge is 2.15. The van der Waals surface area contributed by atoms with E-state index in [2.05, 4.69) is 10.3 Å². The van der Waals surface area contributed by atoms with Crippen molar-refractivity contribution in [2.24, 2.45) is 7.05 Å². The molecule has 3 rings (SSSR count). The third-order valence-corrected chi connectivity index (χ3v) is 3.65. The highest BCUT2D eigenvalue weighted by Crippen LogP contribution is 2.17. The number of nitrogen functional groups attached to an aromatic ring is 1. The van der Waals surface area contributed by atoms with E-state index in [0.717, 1.165) is 5.69 Å². The van der Waals surface area contributed by atoms with Crippen LogP contribution in [0.25, 0.3) is 10.9 Å². The molecule has 2 aromatic heterocycles. The van der Waals surface area contributed by atoms with Crippen LogP contribution in [0, 0.1) is 0 Å². The summed E-state index contributed by atoms with van der Waals surface area (Å²) >= 11 is 0. The van der Waals surface area contributed by atoms with Crippen molar-refractivity contribution in [1.82, 2.24) is 14.9 Å². The van der Waals surface area contributed by atoms with Gasteiger partial charge in [0.05, 0.1) is 23.1 Å². The van der Waals surface area contributed by atoms with Crippen LogP contribution in [-0.2, 0) is 13.6 Å². The van der Waals surface area contributed by atoms with E-state index >= 15 is 0 Å². The van der Waals surface area contributed by atoms with Gasteiger partial charge in [0.2, 0.25) is 5.43 Å². The number of rotatable bonds is 3. The molecule has 6 nitrogen and oxygen atoms in total. The molecule has 0 radical (unpaired) electrons. The second-order valence-corrected chi connectivity index (χ2v) is 5.23. The molecule has 0 saturated heterocycles. The van der Waals surface area contributed by atoms with E-state index in [1.165, 1.54) is 6.20 Å². The van der Waals surface area contributed by atoms with Gasteiger partial charge in [0, 0.05) is 25.1 Å². The lowest BCUT2D eigenvalue weighted by atomic mass is 10.1. The zero-order valence-electron chi connectivity index (χ0n) is 12.6. The van der Waals surface area contributed by atoms with Gasteiger partial charge < -0.3 is 15.6 Å². The van der Waals surface area contributed by atoms with Gasteiger partial charge in [-0.3, -0.25) is 14.6 Å². The van der Waals surface area contributed by atoms with E-state index in [9.17, 15) is 9.59 Å². The molecule has 0 spiro atoms. The molecule has 0 aliphatic carbocycles. The first kappa shape index (κ1) is 14.8. The highest BCUT2D eigenvalue weighted by molar-refractivity contribution is 6.00. The Morgan fingerprint density at radius 2 is 2.09 bits per heavy atom. The summed E-state index contributed by atoms with van der Waals surface area (Å²) in [6, 6.07) is 10.7. The van der Waals surface area contributed by atoms with E-state index in [1.54, 1.807) is 48.1 Å². The number of hydrogen-bond acceptors (Lipinski definition) is 4. The standard InChI is InChI=1S/C17H16N4O2/c1-21-10-12(16(22)15-13(18)6-4-7-14(15)21)17(23)20-9-11-5-2-3-8-19-11/h2-8,10H,9,18H2,1H3,(H,20,23). The van der Waals surface area contributed by atoms with Crippen LogP contribution in [0.4, 0.5) is 5.69 Å². The molecule has 6 heteroatoms. The number of nitrogens with one attached hydrogen (secondary N) is 1. The predicted molar refractivity (Wildman–Crippen MR) is 89.0 cm³/mol. The van der Waals surface area contributed by atoms with Crippen LogP contribution in [0.15, 0.2) is 53.6 Å². The summed E-state index contributed by atoms with van der Waals surface area (Å²) in [6.45, 7) is 0.255. The summed E-state index contributed by atoms with van der Waals surface area (Å²) in [5, 5.41) is 3.07. The van der Waals surface area contributed by atoms with Crippen LogP contribution in [0.2, 0.25) is 0 Å². The first-order valence-corrected chi connectivity index (χ1v) is 7.14. The monoisotopic (exact) mass is 308 g/mol. The summed E-state index contributed by atoms with van der Waals surface area (Å²) in [4.78, 5) is 29.1. The van der Waals surface area contributed by atoms with Gasteiger partial charge in [0.1, 0.15) is 5.56 Å². The van der Waals surface area contributed by atoms with Crippen molar-refractivity contribution in [3.05, 3.63) is 70.3 Å². The van der Waals surface area contributed by atoms with Crippen LogP contribution < -0.4 is 16.5 Å². The molecule has 2 heterocycles. The maximum Gasteiger partial charge on any atom is 0.257 e. The lowest BCUT2D eigenvalue weighted by molar-refractivity contribution is 0.0949. The zero-order valence-corrected chi connectivity index (χ0v) is 12.6. The third-order valence-electron chi connectivity index (χ3n) is 3.65. The molecule has 0 saturated carbocycles. The van der Waals surface area contributed by atoms with Crippen molar-refractivity contribution in [3.8, 4) is 0 Å². The van der Waals surface area contributed by atoms with Crippen LogP contribution in [0.3, 0.4) is 0 Å². The average Bonchev–Trinajstić information content (AvgIpc) is 2.56. The second kappa shape index (κ2) is 5.92. The number of carbonyl (C=O) groups excluding carboxylic acids is 1. The number of anilines is 1. The van der Waals surface area contributed by atoms with Crippen molar-refractivity contribution in [3.63, 3.8) is 0 Å². The van der Waals surface area contributed by atoms with Gasteiger partial charge in [-0.05, 0) is 24.3 Å². The lowest BCUT2D eigenvalue weighted by Crippen LogP contribution is -2.29. The van der Waals surface area contributed by atoms with E-state index in [1.807, 2.05) is 6.07 Å². The SMILES string of the molecule is Cn1cc(C(=O)NCc2ccccn2)c(=O)c2c(N)cccc21. The molecule has 0 aliphatic rings. The fourth-order valence-electron chi connectivity index (χ4n) is 2.49. The number of carbonyl (C=O) groups is 1. The van der Waals surface area contributed by atoms with Gasteiger partial charge in [-0.1, -0.05) is 12.1 Å². The topological polar surface area (TPSA) is 90.0 Å². The van der Waals surface area contributed by atoms with Crippen LogP contribution in [0.1, 0.15) is 16.1 Å². The fourth-order valence-corrected chi connectivity index (χ4v) is 2.49. The van der Waals surface area contributed by atoms with Crippen molar-refractivity contribution < 1.29 is 4.79 Å². The molecule has 0 atom stereocenters. The number of aromatic nitrogens is 2. The minimum atomic E-state index is -0.443. The minimum absolute atomic E-state index is 0.0637. The first-order chi connectivity index (χ1) is 11.1. The maximum absolute atomic E-state index is 12.6. The number of aryl methyl sites for hydroxylation is 1. The van der Waals surface area contributed by atoms with Gasteiger partial charge in [0.15, 0.2) is 0 Å². The van der Waals surface area contributed by atoms with Gasteiger partial charge in [-0.15, -0.1) is 0 Å². The normalized spacial score (nSPS) is 10.7. The average molecular weight is 308 g/mol. The summed E-state index contributed by atoms with van der Waals surface area (Å²) in [6.07, 6.45) is 3.18. The number of fused-ring (bicyclic) bond motifs is 1. The molecule has 0 unspecified atom stereocenters. The number of amides is 1. The Kier molecular flexibility index (Phi) is 3.80. The Labute approximate surface area is 132 Å². The molecule has 0 aliphatic heterocycles. The number of pyridine rings is 2. The van der Waals surface area contributed by atoms with E-state index in [-0.39, 0.29) is 17.5 Å². The zero-order chi connectivity index (χ0) is 16.4. The minimum Gasteiger partial charge on any atom is -0.398 e. The molecular formula is C17H16N4O2. The Balaban J connectivity index is 1.97. The van der Waals surface area contributed by atoms with Gasteiger partial charge in [0.25, 0.3) is 5.91 Å². The molecule has 1 aromatic carbocycles. The molecule has 23 heavy (non-hydrogen) atoms. The van der Waals surface area contributed by atoms with Crippen LogP contribution >= 0.6 is 0 Å². The van der Waals surface area contributed by atoms with Gasteiger partial charge >= 0.3 is 0 Å². The van der Waals surface area contributed by atoms with Crippen LogP contribution in [0.5, 0.6) is 0 Å². The second-order valence-electron chi connectivity index (χ2n) is 5.23. The number of benzene rings is 1. The maximum atomic E-state index is 12.6. The smallest absolute Gasteiger partial charge is 0.257 e. The van der Waals surface area contributed by atoms with Crippen molar-refractivity contribution >= 4 is 22.5 Å². The van der Waals surface area contributed by atoms with E-state index in [4.69, 9.17) is 5.73 Å². The Morgan fingerprint density at radius 3 is 2.83 bits per heavy atom. The van der Waals surface area contributed by atoms with Gasteiger partial charge in [-0.2, -0.15) is 0 Å². The van der Waals surface area contributed by atoms with Crippen LogP contribution in [-0.4, -0.2) is 15.5 Å². The number of nitrogens with two attached hydrogens (primary N) is 1. The molecule has 3 N–H and O–H groups in total. The number of nitrogens with zero attached hydrogens (tertiary/aromatic N) is 2. The summed E-state index contributed by atoms with van der Waals surface area (Å²) in [7, 11) is 1.77. The Hall–Kier alpha value is -3.15. The van der Waals surface area contributed by atoms with Crippen molar-refractivity contribution in [1.29, 1.82) is 0 Å². The van der Waals surface area contributed by atoms with E-state index in [0.29, 0.717) is 16.6 Å². The largest absolute Gasteiger partial charge is 0.398 e. The van der Waals surface area contributed by atoms with Crippen molar-refractivity contribution in [2.45, 2.75) is 6.54 Å². The van der Waals surface area contributed by atoms with Crippen molar-refractivity contribution in [2.75, 3.05) is 5.73 Å². The molecule has 0 bridgehead atoms. The Morgan fingerprint density at radius 1 is 1.26 bits per heavy atom. The first-order valence-electron chi connectivity index (χ1n) is 7.14. The molecule has 0 fully saturated rings. The predicted octanol–water partition coefficient (Wildman–Crippen LogP) is 1.45.